The van der Waals surface area contributed by atoms with Crippen LogP contribution in [-0.2, 0) is 22.7 Å². The predicted octanol–water partition coefficient (Wildman–Crippen LogP) is 6.10. The quantitative estimate of drug-likeness (QED) is 0.354. The first-order valence-electron chi connectivity index (χ1n) is 12.4. The van der Waals surface area contributed by atoms with Gasteiger partial charge in [0.25, 0.3) is 0 Å². The minimum absolute atomic E-state index is 0.000466. The van der Waals surface area contributed by atoms with Crippen molar-refractivity contribution in [2.75, 3.05) is 7.11 Å². The molecule has 2 aliphatic heterocycles. The number of hydrogen-bond acceptors (Lipinski definition) is 4. The number of urea groups is 1. The lowest BCUT2D eigenvalue weighted by molar-refractivity contribution is -0.136. The molecule has 0 radical (unpaired) electrons. The largest absolute Gasteiger partial charge is 0.488 e. The van der Waals surface area contributed by atoms with Crippen molar-refractivity contribution >= 4 is 33.5 Å². The molecule has 7 heteroatoms. The van der Waals surface area contributed by atoms with Gasteiger partial charge in [0.05, 0.1) is 18.7 Å². The van der Waals surface area contributed by atoms with Gasteiger partial charge in [-0.05, 0) is 54.2 Å². The predicted molar refractivity (Wildman–Crippen MR) is 146 cm³/mol. The van der Waals surface area contributed by atoms with Gasteiger partial charge in [-0.1, -0.05) is 76.6 Å². The Morgan fingerprint density at radius 1 is 0.946 bits per heavy atom. The van der Waals surface area contributed by atoms with Crippen LogP contribution in [0.25, 0.3) is 5.57 Å². The third-order valence-electron chi connectivity index (χ3n) is 7.05. The number of halogens is 1. The first-order valence-corrected chi connectivity index (χ1v) is 13.2. The minimum Gasteiger partial charge on any atom is -0.488 e. The van der Waals surface area contributed by atoms with Crippen molar-refractivity contribution in [3.8, 4) is 5.75 Å². The fourth-order valence-electron chi connectivity index (χ4n) is 5.29. The first kappa shape index (κ1) is 25.1. The van der Waals surface area contributed by atoms with Crippen LogP contribution in [0.3, 0.4) is 0 Å². The number of hydrogen-bond donors (Lipinski definition) is 1. The second-order valence-corrected chi connectivity index (χ2v) is 10.2. The summed E-state index contributed by atoms with van der Waals surface area (Å²) in [6, 6.07) is 25.1. The third-order valence-corrected chi connectivity index (χ3v) is 7.58. The topological polar surface area (TPSA) is 67.9 Å². The molecular weight excluding hydrogens is 532 g/mol. The number of para-hydroxylation sites is 1. The average molecular weight is 561 g/mol. The number of nitrogens with one attached hydrogen (secondary N) is 1. The Morgan fingerprint density at radius 3 is 2.43 bits per heavy atom. The van der Waals surface area contributed by atoms with Gasteiger partial charge in [0.2, 0.25) is 0 Å². The van der Waals surface area contributed by atoms with E-state index in [2.05, 4.69) is 21.2 Å². The van der Waals surface area contributed by atoms with Gasteiger partial charge < -0.3 is 19.7 Å². The molecule has 0 unspecified atom stereocenters. The Labute approximate surface area is 225 Å². The molecule has 2 bridgehead atoms. The number of benzene rings is 3. The molecule has 3 aromatic rings. The van der Waals surface area contributed by atoms with Gasteiger partial charge in [-0.2, -0.15) is 0 Å². The van der Waals surface area contributed by atoms with E-state index in [0.717, 1.165) is 45.3 Å². The molecule has 2 heterocycles. The molecule has 37 heavy (non-hydrogen) atoms. The van der Waals surface area contributed by atoms with Gasteiger partial charge in [0.1, 0.15) is 12.4 Å². The normalized spacial score (nSPS) is 18.5. The molecule has 2 amide bonds. The Morgan fingerprint density at radius 2 is 1.68 bits per heavy atom. The molecular formula is C30H29BrN2O4. The molecule has 5 rings (SSSR count). The van der Waals surface area contributed by atoms with Crippen LogP contribution in [-0.4, -0.2) is 36.1 Å². The van der Waals surface area contributed by atoms with Crippen molar-refractivity contribution in [1.29, 1.82) is 0 Å². The van der Waals surface area contributed by atoms with Gasteiger partial charge in [-0.25, -0.2) is 9.59 Å². The van der Waals surface area contributed by atoms with Gasteiger partial charge in [0, 0.05) is 22.6 Å². The van der Waals surface area contributed by atoms with E-state index in [1.165, 1.54) is 7.11 Å². The second-order valence-electron chi connectivity index (χ2n) is 9.30. The zero-order valence-electron chi connectivity index (χ0n) is 20.7. The molecule has 0 aromatic heterocycles. The molecule has 2 aliphatic rings. The summed E-state index contributed by atoms with van der Waals surface area (Å²) in [5.41, 5.74) is 4.41. The second kappa shape index (κ2) is 11.2. The summed E-state index contributed by atoms with van der Waals surface area (Å²) in [6.45, 7) is 0.846. The Kier molecular flexibility index (Phi) is 7.60. The average Bonchev–Trinajstić information content (AvgIpc) is 3.25. The van der Waals surface area contributed by atoms with Crippen LogP contribution in [0.15, 0.2) is 88.9 Å². The summed E-state index contributed by atoms with van der Waals surface area (Å²) in [4.78, 5) is 28.3. The number of carbonyl (C=O) groups is 2. The highest BCUT2D eigenvalue weighted by atomic mass is 79.9. The van der Waals surface area contributed by atoms with Crippen molar-refractivity contribution in [3.05, 3.63) is 106 Å². The first-order chi connectivity index (χ1) is 18.0. The highest BCUT2D eigenvalue weighted by Crippen LogP contribution is 2.45. The molecule has 2 atom stereocenters. The molecule has 1 saturated heterocycles. The van der Waals surface area contributed by atoms with E-state index in [4.69, 9.17) is 9.47 Å². The van der Waals surface area contributed by atoms with Gasteiger partial charge in [-0.15, -0.1) is 0 Å². The van der Waals surface area contributed by atoms with Gasteiger partial charge in [-0.3, -0.25) is 0 Å². The summed E-state index contributed by atoms with van der Waals surface area (Å²) in [5.74, 6) is 0.319. The van der Waals surface area contributed by atoms with E-state index < -0.39 is 5.97 Å². The van der Waals surface area contributed by atoms with Crippen molar-refractivity contribution in [2.45, 2.75) is 44.5 Å². The Bertz CT molecular complexity index is 1310. The number of amides is 2. The minimum atomic E-state index is -0.399. The molecule has 1 N–H and O–H groups in total. The van der Waals surface area contributed by atoms with Crippen LogP contribution >= 0.6 is 15.9 Å². The SMILES string of the molecule is COC(=O)C1=C(c2ccccc2OCc2ccccc2)C[C@@H]2CC[C@H]1N2C(=O)NCc1ccc(Br)cc1. The lowest BCUT2D eigenvalue weighted by Gasteiger charge is -2.37. The van der Waals surface area contributed by atoms with Crippen LogP contribution in [0.2, 0.25) is 0 Å². The van der Waals surface area contributed by atoms with Crippen molar-refractivity contribution in [2.24, 2.45) is 0 Å². The summed E-state index contributed by atoms with van der Waals surface area (Å²) in [7, 11) is 1.39. The van der Waals surface area contributed by atoms with Crippen molar-refractivity contribution in [3.63, 3.8) is 0 Å². The lowest BCUT2D eigenvalue weighted by atomic mass is 9.88. The van der Waals surface area contributed by atoms with E-state index in [9.17, 15) is 9.59 Å². The van der Waals surface area contributed by atoms with Crippen LogP contribution < -0.4 is 10.1 Å². The molecule has 1 fully saturated rings. The summed E-state index contributed by atoms with van der Waals surface area (Å²) in [5, 5.41) is 3.04. The zero-order valence-corrected chi connectivity index (χ0v) is 22.2. The Hall–Kier alpha value is -3.58. The Balaban J connectivity index is 1.41. The van der Waals surface area contributed by atoms with E-state index in [0.29, 0.717) is 25.1 Å². The molecule has 0 spiro atoms. The third kappa shape index (κ3) is 5.42. The maximum atomic E-state index is 13.3. The summed E-state index contributed by atoms with van der Waals surface area (Å²) >= 11 is 3.44. The number of esters is 1. The summed E-state index contributed by atoms with van der Waals surface area (Å²) in [6.07, 6.45) is 2.11. The number of fused-ring (bicyclic) bond motifs is 2. The molecule has 6 nitrogen and oxygen atoms in total. The van der Waals surface area contributed by atoms with E-state index in [-0.39, 0.29) is 18.1 Å². The van der Waals surface area contributed by atoms with Crippen LogP contribution in [0.4, 0.5) is 4.79 Å². The van der Waals surface area contributed by atoms with Gasteiger partial charge in [0.15, 0.2) is 0 Å². The number of methoxy groups -OCH3 is 1. The van der Waals surface area contributed by atoms with E-state index in [1.807, 2.05) is 83.8 Å². The van der Waals surface area contributed by atoms with E-state index >= 15 is 0 Å². The molecule has 0 aliphatic carbocycles. The van der Waals surface area contributed by atoms with Crippen molar-refractivity contribution < 1.29 is 19.1 Å². The van der Waals surface area contributed by atoms with Crippen LogP contribution in [0.1, 0.15) is 36.0 Å². The number of nitrogens with zero attached hydrogens (tertiary/aromatic N) is 1. The van der Waals surface area contributed by atoms with Crippen LogP contribution in [0.5, 0.6) is 5.75 Å². The lowest BCUT2D eigenvalue weighted by Crippen LogP contribution is -2.50. The number of ether oxygens (including phenoxy) is 2. The monoisotopic (exact) mass is 560 g/mol. The zero-order chi connectivity index (χ0) is 25.8. The maximum absolute atomic E-state index is 13.3. The fraction of sp³-hybridized carbons (Fsp3) is 0.267. The molecule has 0 saturated carbocycles. The molecule has 3 aromatic carbocycles. The molecule has 190 valence electrons. The maximum Gasteiger partial charge on any atom is 0.336 e. The highest BCUT2D eigenvalue weighted by molar-refractivity contribution is 9.10. The van der Waals surface area contributed by atoms with Gasteiger partial charge >= 0.3 is 12.0 Å². The standard InChI is InChI=1S/C30H29BrN2O4/c1-36-29(34)28-25(24-9-5-6-10-27(24)37-19-21-7-3-2-4-8-21)17-23-15-16-26(28)33(23)30(35)32-18-20-11-13-22(31)14-12-20/h2-14,23,26H,15-19H2,1H3,(H,32,35)/t23-,26+/m0/s1. The smallest absolute Gasteiger partial charge is 0.336 e. The van der Waals surface area contributed by atoms with Crippen LogP contribution in [0, 0.1) is 0 Å². The highest BCUT2D eigenvalue weighted by Gasteiger charge is 2.47. The number of rotatable bonds is 7. The summed E-state index contributed by atoms with van der Waals surface area (Å²) < 4.78 is 12.4. The van der Waals surface area contributed by atoms with E-state index in [1.54, 1.807) is 0 Å². The van der Waals surface area contributed by atoms with Crippen molar-refractivity contribution in [1.82, 2.24) is 10.2 Å². The number of carbonyl (C=O) groups excluding carboxylic acids is 2. The fourth-order valence-corrected chi connectivity index (χ4v) is 5.56.